The van der Waals surface area contributed by atoms with Crippen LogP contribution in [-0.2, 0) is 0 Å². The van der Waals surface area contributed by atoms with Gasteiger partial charge in [0.2, 0.25) is 0 Å². The smallest absolute Gasteiger partial charge is 0.179 e. The topological polar surface area (TPSA) is 64.7 Å². The van der Waals surface area contributed by atoms with E-state index in [9.17, 15) is 5.11 Å². The molecule has 0 fully saturated rings. The van der Waals surface area contributed by atoms with Crippen molar-refractivity contribution in [2.24, 2.45) is 11.7 Å². The second kappa shape index (κ2) is 5.78. The SMILES string of the molecule is CC(CN)C(O)c1cc(Cl)c2c(c1)OCCCO2. The minimum Gasteiger partial charge on any atom is -0.489 e. The zero-order valence-electron chi connectivity index (χ0n) is 10.4. The van der Waals surface area contributed by atoms with Gasteiger partial charge in [-0.25, -0.2) is 0 Å². The Morgan fingerprint density at radius 2 is 2.11 bits per heavy atom. The molecule has 0 amide bonds. The van der Waals surface area contributed by atoms with Crippen molar-refractivity contribution < 1.29 is 14.6 Å². The maximum absolute atomic E-state index is 10.2. The fraction of sp³-hybridized carbons (Fsp3) is 0.538. The molecule has 100 valence electrons. The van der Waals surface area contributed by atoms with Crippen LogP contribution in [0.25, 0.3) is 0 Å². The third-order valence-corrected chi connectivity index (χ3v) is 3.36. The first-order chi connectivity index (χ1) is 8.63. The van der Waals surface area contributed by atoms with Gasteiger partial charge in [-0.2, -0.15) is 0 Å². The van der Waals surface area contributed by atoms with Gasteiger partial charge < -0.3 is 20.3 Å². The highest BCUT2D eigenvalue weighted by Crippen LogP contribution is 2.40. The Morgan fingerprint density at radius 1 is 1.39 bits per heavy atom. The number of fused-ring (bicyclic) bond motifs is 1. The highest BCUT2D eigenvalue weighted by Gasteiger charge is 2.21. The third kappa shape index (κ3) is 2.71. The van der Waals surface area contributed by atoms with E-state index in [0.717, 1.165) is 6.42 Å². The van der Waals surface area contributed by atoms with Gasteiger partial charge in [-0.1, -0.05) is 18.5 Å². The molecular formula is C13H18ClNO3. The maximum atomic E-state index is 10.2. The zero-order valence-corrected chi connectivity index (χ0v) is 11.1. The van der Waals surface area contributed by atoms with Crippen molar-refractivity contribution in [3.8, 4) is 11.5 Å². The summed E-state index contributed by atoms with van der Waals surface area (Å²) < 4.78 is 11.1. The number of aliphatic hydroxyl groups is 1. The van der Waals surface area contributed by atoms with Crippen molar-refractivity contribution >= 4 is 11.6 Å². The molecule has 1 aliphatic rings. The van der Waals surface area contributed by atoms with Gasteiger partial charge in [-0.15, -0.1) is 0 Å². The molecule has 5 heteroatoms. The number of benzene rings is 1. The molecule has 1 aliphatic heterocycles. The van der Waals surface area contributed by atoms with E-state index in [-0.39, 0.29) is 5.92 Å². The minimum absolute atomic E-state index is 0.0363. The molecule has 2 rings (SSSR count). The van der Waals surface area contributed by atoms with E-state index in [1.54, 1.807) is 12.1 Å². The molecule has 1 heterocycles. The second-order valence-electron chi connectivity index (χ2n) is 4.54. The van der Waals surface area contributed by atoms with Crippen LogP contribution in [0.15, 0.2) is 12.1 Å². The van der Waals surface area contributed by atoms with Crippen LogP contribution < -0.4 is 15.2 Å². The lowest BCUT2D eigenvalue weighted by molar-refractivity contribution is 0.121. The van der Waals surface area contributed by atoms with Gasteiger partial charge >= 0.3 is 0 Å². The van der Waals surface area contributed by atoms with Gasteiger partial charge in [0, 0.05) is 6.42 Å². The first-order valence-corrected chi connectivity index (χ1v) is 6.48. The molecule has 0 saturated carbocycles. The summed E-state index contributed by atoms with van der Waals surface area (Å²) in [6, 6.07) is 3.50. The summed E-state index contributed by atoms with van der Waals surface area (Å²) in [6.07, 6.45) is 0.173. The van der Waals surface area contributed by atoms with Gasteiger partial charge in [-0.05, 0) is 30.2 Å². The molecule has 1 aromatic carbocycles. The highest BCUT2D eigenvalue weighted by atomic mass is 35.5. The van der Waals surface area contributed by atoms with Gasteiger partial charge in [0.05, 0.1) is 24.3 Å². The molecule has 18 heavy (non-hydrogen) atoms. The van der Waals surface area contributed by atoms with Gasteiger partial charge in [-0.3, -0.25) is 0 Å². The van der Waals surface area contributed by atoms with E-state index in [1.165, 1.54) is 0 Å². The average molecular weight is 272 g/mol. The lowest BCUT2D eigenvalue weighted by atomic mass is 9.97. The van der Waals surface area contributed by atoms with Crippen molar-refractivity contribution in [3.63, 3.8) is 0 Å². The van der Waals surface area contributed by atoms with Gasteiger partial charge in [0.1, 0.15) is 0 Å². The Labute approximate surface area is 112 Å². The van der Waals surface area contributed by atoms with E-state index >= 15 is 0 Å². The van der Waals surface area contributed by atoms with E-state index in [4.69, 9.17) is 26.8 Å². The number of aliphatic hydroxyl groups excluding tert-OH is 1. The molecule has 1 aromatic rings. The largest absolute Gasteiger partial charge is 0.489 e. The molecular weight excluding hydrogens is 254 g/mol. The fourth-order valence-corrected chi connectivity index (χ4v) is 2.15. The van der Waals surface area contributed by atoms with Gasteiger partial charge in [0.15, 0.2) is 11.5 Å². The molecule has 0 saturated heterocycles. The van der Waals surface area contributed by atoms with Crippen molar-refractivity contribution in [1.82, 2.24) is 0 Å². The molecule has 0 spiro atoms. The van der Waals surface area contributed by atoms with Crippen LogP contribution in [0, 0.1) is 5.92 Å². The molecule has 2 atom stereocenters. The molecule has 0 radical (unpaired) electrons. The summed E-state index contributed by atoms with van der Waals surface area (Å²) in [6.45, 7) is 3.48. The van der Waals surface area contributed by atoms with Crippen LogP contribution in [0.1, 0.15) is 25.0 Å². The van der Waals surface area contributed by atoms with Crippen LogP contribution in [-0.4, -0.2) is 24.9 Å². The molecule has 4 nitrogen and oxygen atoms in total. The van der Waals surface area contributed by atoms with E-state index in [1.807, 2.05) is 6.92 Å². The lowest BCUT2D eigenvalue weighted by Crippen LogP contribution is -2.18. The van der Waals surface area contributed by atoms with E-state index < -0.39 is 6.10 Å². The number of hydrogen-bond donors (Lipinski definition) is 2. The van der Waals surface area contributed by atoms with Crippen LogP contribution in [0.4, 0.5) is 0 Å². The summed E-state index contributed by atoms with van der Waals surface area (Å²) in [5.74, 6) is 1.12. The summed E-state index contributed by atoms with van der Waals surface area (Å²) in [5.41, 5.74) is 6.27. The monoisotopic (exact) mass is 271 g/mol. The summed E-state index contributed by atoms with van der Waals surface area (Å²) in [4.78, 5) is 0. The number of nitrogens with two attached hydrogens (primary N) is 1. The fourth-order valence-electron chi connectivity index (χ4n) is 1.88. The minimum atomic E-state index is -0.648. The zero-order chi connectivity index (χ0) is 13.1. The van der Waals surface area contributed by atoms with Crippen molar-refractivity contribution in [1.29, 1.82) is 0 Å². The summed E-state index contributed by atoms with van der Waals surface area (Å²) in [5, 5.41) is 10.6. The number of hydrogen-bond acceptors (Lipinski definition) is 4. The predicted molar refractivity (Wildman–Crippen MR) is 70.2 cm³/mol. The van der Waals surface area contributed by atoms with Gasteiger partial charge in [0.25, 0.3) is 0 Å². The summed E-state index contributed by atoms with van der Waals surface area (Å²) >= 11 is 6.16. The predicted octanol–water partition coefficient (Wildman–Crippen LogP) is 2.13. The molecule has 0 aromatic heterocycles. The number of ether oxygens (including phenoxy) is 2. The van der Waals surface area contributed by atoms with Crippen LogP contribution in [0.2, 0.25) is 5.02 Å². The standard InChI is InChI=1S/C13H18ClNO3/c1-8(7-15)12(16)9-5-10(14)13-11(6-9)17-3-2-4-18-13/h5-6,8,12,16H,2-4,7,15H2,1H3. The Bertz CT molecular complexity index is 425. The Balaban J connectivity index is 2.34. The normalized spacial score (nSPS) is 18.0. The first kappa shape index (κ1) is 13.5. The highest BCUT2D eigenvalue weighted by molar-refractivity contribution is 6.32. The van der Waals surface area contributed by atoms with E-state index in [2.05, 4.69) is 0 Å². The maximum Gasteiger partial charge on any atom is 0.179 e. The van der Waals surface area contributed by atoms with Crippen molar-refractivity contribution in [2.75, 3.05) is 19.8 Å². The van der Waals surface area contributed by atoms with E-state index in [0.29, 0.717) is 41.8 Å². The second-order valence-corrected chi connectivity index (χ2v) is 4.95. The van der Waals surface area contributed by atoms with Crippen molar-refractivity contribution in [2.45, 2.75) is 19.4 Å². The lowest BCUT2D eigenvalue weighted by Gasteiger charge is -2.19. The first-order valence-electron chi connectivity index (χ1n) is 6.10. The number of halogens is 1. The third-order valence-electron chi connectivity index (χ3n) is 3.08. The molecule has 0 bridgehead atoms. The molecule has 0 aliphatic carbocycles. The average Bonchev–Trinajstić information content (AvgIpc) is 2.62. The van der Waals surface area contributed by atoms with Crippen LogP contribution >= 0.6 is 11.6 Å². The Morgan fingerprint density at radius 3 is 2.83 bits per heavy atom. The van der Waals surface area contributed by atoms with Crippen molar-refractivity contribution in [3.05, 3.63) is 22.7 Å². The summed E-state index contributed by atoms with van der Waals surface area (Å²) in [7, 11) is 0. The Kier molecular flexibility index (Phi) is 4.32. The van der Waals surface area contributed by atoms with Crippen LogP contribution in [0.3, 0.4) is 0 Å². The molecule has 3 N–H and O–H groups in total. The quantitative estimate of drug-likeness (QED) is 0.884. The Hall–Kier alpha value is -0.970. The molecule has 2 unspecified atom stereocenters. The van der Waals surface area contributed by atoms with Crippen LogP contribution in [0.5, 0.6) is 11.5 Å². The number of rotatable bonds is 3.